The van der Waals surface area contributed by atoms with Crippen LogP contribution in [0.4, 0.5) is 0 Å². The molecule has 0 amide bonds. The minimum Gasteiger partial charge on any atom is -0.504 e. The lowest BCUT2D eigenvalue weighted by atomic mass is 10.1. The molecule has 3 heteroatoms. The average molecular weight is 168 g/mol. The molecule has 0 radical (unpaired) electrons. The summed E-state index contributed by atoms with van der Waals surface area (Å²) >= 11 is 0. The molecular weight excluding hydrogens is 156 g/mol. The number of phenolic OH excluding ortho intramolecular Hbond substituents is 2. The Bertz CT molecular complexity index is 268. The highest BCUT2D eigenvalue weighted by atomic mass is 16.3. The van der Waals surface area contributed by atoms with E-state index in [0.717, 1.165) is 5.56 Å². The van der Waals surface area contributed by atoms with E-state index in [1.807, 2.05) is 0 Å². The molecule has 0 heterocycles. The average Bonchev–Trinajstić information content (AvgIpc) is 1.96. The molecule has 0 saturated heterocycles. The molecule has 0 aliphatic carbocycles. The number of hydrogen-bond acceptors (Lipinski definition) is 3. The van der Waals surface area contributed by atoms with Crippen LogP contribution in [0, 0.1) is 0 Å². The van der Waals surface area contributed by atoms with Crippen LogP contribution in [0.2, 0.25) is 0 Å². The Kier molecular flexibility index (Phi) is 2.55. The van der Waals surface area contributed by atoms with Crippen LogP contribution >= 0.6 is 0 Å². The smallest absolute Gasteiger partial charge is 0.157 e. The zero-order valence-corrected chi connectivity index (χ0v) is 6.86. The minimum absolute atomic E-state index is 0.135. The van der Waals surface area contributed by atoms with Crippen molar-refractivity contribution >= 4 is 0 Å². The number of rotatable bonds is 2. The summed E-state index contributed by atoms with van der Waals surface area (Å²) in [6.45, 7) is 1.67. The van der Waals surface area contributed by atoms with Gasteiger partial charge < -0.3 is 15.3 Å². The second-order valence-electron chi connectivity index (χ2n) is 2.88. The maximum absolute atomic E-state index is 9.08. The molecule has 0 aromatic heterocycles. The van der Waals surface area contributed by atoms with Crippen molar-refractivity contribution in [2.24, 2.45) is 0 Å². The van der Waals surface area contributed by atoms with Gasteiger partial charge >= 0.3 is 0 Å². The molecular formula is C9H12O3. The van der Waals surface area contributed by atoms with Crippen molar-refractivity contribution in [1.82, 2.24) is 0 Å². The van der Waals surface area contributed by atoms with E-state index in [2.05, 4.69) is 0 Å². The highest BCUT2D eigenvalue weighted by Gasteiger charge is 2.02. The van der Waals surface area contributed by atoms with Crippen molar-refractivity contribution < 1.29 is 15.3 Å². The number of benzene rings is 1. The topological polar surface area (TPSA) is 60.7 Å². The Hall–Kier alpha value is -1.22. The first kappa shape index (κ1) is 8.87. The molecule has 0 bridgehead atoms. The van der Waals surface area contributed by atoms with Crippen molar-refractivity contribution in [3.8, 4) is 11.5 Å². The molecule has 0 aliphatic rings. The summed E-state index contributed by atoms with van der Waals surface area (Å²) in [6.07, 6.45) is 0.0438. The maximum Gasteiger partial charge on any atom is 0.157 e. The molecule has 3 nitrogen and oxygen atoms in total. The Balaban J connectivity index is 2.82. The number of aliphatic hydroxyl groups excluding tert-OH is 1. The number of hydrogen-bond donors (Lipinski definition) is 3. The number of aliphatic hydroxyl groups is 1. The lowest BCUT2D eigenvalue weighted by molar-refractivity contribution is 0.195. The lowest BCUT2D eigenvalue weighted by Crippen LogP contribution is -2.03. The molecule has 1 aromatic carbocycles. The molecule has 0 saturated carbocycles. The largest absolute Gasteiger partial charge is 0.504 e. The van der Waals surface area contributed by atoms with Gasteiger partial charge in [0.2, 0.25) is 0 Å². The van der Waals surface area contributed by atoms with E-state index in [9.17, 15) is 0 Å². The standard InChI is InChI=1S/C9H12O3/c1-6(10)4-7-2-3-8(11)9(12)5-7/h2-3,5-6,10-12H,4H2,1H3/t6-/m0/s1. The summed E-state index contributed by atoms with van der Waals surface area (Å²) in [7, 11) is 0. The number of aromatic hydroxyl groups is 2. The molecule has 12 heavy (non-hydrogen) atoms. The molecule has 0 spiro atoms. The van der Waals surface area contributed by atoms with Crippen molar-refractivity contribution in [3.05, 3.63) is 23.8 Å². The van der Waals surface area contributed by atoms with Gasteiger partial charge in [-0.25, -0.2) is 0 Å². The number of phenols is 2. The normalized spacial score (nSPS) is 12.8. The molecule has 1 atom stereocenters. The van der Waals surface area contributed by atoms with Gasteiger partial charge in [0.15, 0.2) is 11.5 Å². The molecule has 1 aromatic rings. The van der Waals surface area contributed by atoms with Crippen LogP contribution in [0.5, 0.6) is 11.5 Å². The van der Waals surface area contributed by atoms with Gasteiger partial charge in [0.1, 0.15) is 0 Å². The first-order valence-corrected chi connectivity index (χ1v) is 3.78. The van der Waals surface area contributed by atoms with Gasteiger partial charge in [0.25, 0.3) is 0 Å². The SMILES string of the molecule is C[C@H](O)Cc1ccc(O)c(O)c1. The summed E-state index contributed by atoms with van der Waals surface area (Å²) in [6, 6.07) is 4.52. The predicted octanol–water partition coefficient (Wildman–Crippen LogP) is 1.02. The fourth-order valence-electron chi connectivity index (χ4n) is 1.04. The first-order valence-electron chi connectivity index (χ1n) is 3.78. The maximum atomic E-state index is 9.08. The van der Waals surface area contributed by atoms with Crippen LogP contribution in [-0.2, 0) is 6.42 Å². The quantitative estimate of drug-likeness (QED) is 0.578. The van der Waals surface area contributed by atoms with Crippen LogP contribution in [0.3, 0.4) is 0 Å². The lowest BCUT2D eigenvalue weighted by Gasteiger charge is -2.05. The van der Waals surface area contributed by atoms with E-state index in [1.54, 1.807) is 13.0 Å². The van der Waals surface area contributed by atoms with Gasteiger partial charge in [-0.2, -0.15) is 0 Å². The van der Waals surface area contributed by atoms with Gasteiger partial charge in [-0.1, -0.05) is 6.07 Å². The van der Waals surface area contributed by atoms with Crippen molar-refractivity contribution in [2.75, 3.05) is 0 Å². The molecule has 0 unspecified atom stereocenters. The van der Waals surface area contributed by atoms with Crippen LogP contribution in [-0.4, -0.2) is 21.4 Å². The summed E-state index contributed by atoms with van der Waals surface area (Å²) in [5, 5.41) is 27.1. The highest BCUT2D eigenvalue weighted by molar-refractivity contribution is 5.40. The molecule has 1 rings (SSSR count). The van der Waals surface area contributed by atoms with Gasteiger partial charge in [0, 0.05) is 0 Å². The molecule has 66 valence electrons. The van der Waals surface area contributed by atoms with E-state index < -0.39 is 6.10 Å². The zero-order valence-electron chi connectivity index (χ0n) is 6.86. The monoisotopic (exact) mass is 168 g/mol. The van der Waals surface area contributed by atoms with Crippen LogP contribution < -0.4 is 0 Å². The minimum atomic E-state index is -0.436. The Morgan fingerprint density at radius 2 is 1.92 bits per heavy atom. The zero-order chi connectivity index (χ0) is 9.14. The van der Waals surface area contributed by atoms with Gasteiger partial charge in [-0.15, -0.1) is 0 Å². The third-order valence-corrected chi connectivity index (χ3v) is 1.57. The summed E-state index contributed by atoms with van der Waals surface area (Å²) in [5.74, 6) is -0.280. The summed E-state index contributed by atoms with van der Waals surface area (Å²) in [5.41, 5.74) is 0.806. The van der Waals surface area contributed by atoms with Crippen molar-refractivity contribution in [3.63, 3.8) is 0 Å². The van der Waals surface area contributed by atoms with Gasteiger partial charge in [-0.3, -0.25) is 0 Å². The third-order valence-electron chi connectivity index (χ3n) is 1.57. The van der Waals surface area contributed by atoms with E-state index in [1.165, 1.54) is 12.1 Å². The summed E-state index contributed by atoms with van der Waals surface area (Å²) < 4.78 is 0. The fraction of sp³-hybridized carbons (Fsp3) is 0.333. The van der Waals surface area contributed by atoms with Crippen LogP contribution in [0.1, 0.15) is 12.5 Å². The van der Waals surface area contributed by atoms with E-state index >= 15 is 0 Å². The van der Waals surface area contributed by atoms with Crippen LogP contribution in [0.15, 0.2) is 18.2 Å². The Morgan fingerprint density at radius 3 is 2.42 bits per heavy atom. The van der Waals surface area contributed by atoms with Crippen LogP contribution in [0.25, 0.3) is 0 Å². The fourth-order valence-corrected chi connectivity index (χ4v) is 1.04. The van der Waals surface area contributed by atoms with Crippen molar-refractivity contribution in [2.45, 2.75) is 19.4 Å². The first-order chi connectivity index (χ1) is 5.59. The van der Waals surface area contributed by atoms with E-state index in [-0.39, 0.29) is 11.5 Å². The molecule has 3 N–H and O–H groups in total. The second-order valence-corrected chi connectivity index (χ2v) is 2.88. The molecule has 0 fully saturated rings. The van der Waals surface area contributed by atoms with Crippen molar-refractivity contribution in [1.29, 1.82) is 0 Å². The highest BCUT2D eigenvalue weighted by Crippen LogP contribution is 2.25. The van der Waals surface area contributed by atoms with Gasteiger partial charge in [0.05, 0.1) is 6.10 Å². The van der Waals surface area contributed by atoms with E-state index in [0.29, 0.717) is 6.42 Å². The summed E-state index contributed by atoms with van der Waals surface area (Å²) in [4.78, 5) is 0. The third kappa shape index (κ3) is 2.13. The van der Waals surface area contributed by atoms with Gasteiger partial charge in [-0.05, 0) is 31.0 Å². The Morgan fingerprint density at radius 1 is 1.25 bits per heavy atom. The molecule has 0 aliphatic heterocycles. The van der Waals surface area contributed by atoms with E-state index in [4.69, 9.17) is 15.3 Å². The second kappa shape index (κ2) is 3.45. The Labute approximate surface area is 70.9 Å². The predicted molar refractivity (Wildman–Crippen MR) is 45.2 cm³/mol.